The van der Waals surface area contributed by atoms with Crippen molar-refractivity contribution in [3.05, 3.63) is 58.8 Å². The van der Waals surface area contributed by atoms with Gasteiger partial charge in [0.2, 0.25) is 0 Å². The number of aromatic nitrogens is 2. The fourth-order valence-corrected chi connectivity index (χ4v) is 5.09. The van der Waals surface area contributed by atoms with Gasteiger partial charge in [0.25, 0.3) is 0 Å². The van der Waals surface area contributed by atoms with E-state index in [1.165, 1.54) is 5.69 Å². The summed E-state index contributed by atoms with van der Waals surface area (Å²) in [6.07, 6.45) is 0. The van der Waals surface area contributed by atoms with Crippen molar-refractivity contribution in [2.75, 3.05) is 49.6 Å². The molecule has 0 bridgehead atoms. The average molecular weight is 443 g/mol. The average Bonchev–Trinajstić information content (AvgIpc) is 2.85. The molecule has 0 saturated carbocycles. The standard InChI is InChI=1S/C26H30N6O/c1-17-20(14-27)5-4-6-23(17)18(2)28-26-25-13-21(7-8-24(25)19(3)29-30-26)32-10-9-31-11-12-33-16-22(31)15-32/h4-8,13,18,22H,9-12,15-16H2,1-3H3,(H,28,30)/t18-,22?/m1/s1. The van der Waals surface area contributed by atoms with E-state index in [9.17, 15) is 5.26 Å². The van der Waals surface area contributed by atoms with E-state index in [4.69, 9.17) is 4.74 Å². The summed E-state index contributed by atoms with van der Waals surface area (Å²) in [5, 5.41) is 24.1. The lowest BCUT2D eigenvalue weighted by atomic mass is 9.98. The van der Waals surface area contributed by atoms with Crippen molar-refractivity contribution in [2.24, 2.45) is 0 Å². The predicted octanol–water partition coefficient (Wildman–Crippen LogP) is 3.81. The van der Waals surface area contributed by atoms with Gasteiger partial charge in [-0.3, -0.25) is 4.90 Å². The molecule has 2 fully saturated rings. The minimum Gasteiger partial charge on any atom is -0.378 e. The minimum absolute atomic E-state index is 0.00917. The zero-order chi connectivity index (χ0) is 22.9. The number of nitrogens with zero attached hydrogens (tertiary/aromatic N) is 5. The highest BCUT2D eigenvalue weighted by atomic mass is 16.5. The summed E-state index contributed by atoms with van der Waals surface area (Å²) in [5.74, 6) is 0.770. The molecule has 2 saturated heterocycles. The molecule has 7 nitrogen and oxygen atoms in total. The first-order chi connectivity index (χ1) is 16.0. The lowest BCUT2D eigenvalue weighted by Crippen LogP contribution is -2.58. The lowest BCUT2D eigenvalue weighted by Gasteiger charge is -2.44. The van der Waals surface area contributed by atoms with Crippen molar-refractivity contribution in [1.82, 2.24) is 15.1 Å². The van der Waals surface area contributed by atoms with Crippen LogP contribution < -0.4 is 10.2 Å². The van der Waals surface area contributed by atoms with Crippen LogP contribution >= 0.6 is 0 Å². The number of morpholine rings is 1. The molecule has 3 heterocycles. The van der Waals surface area contributed by atoms with Crippen molar-refractivity contribution in [3.8, 4) is 6.07 Å². The number of nitriles is 1. The molecule has 2 aliphatic heterocycles. The Hall–Kier alpha value is -3.21. The highest BCUT2D eigenvalue weighted by Crippen LogP contribution is 2.32. The first kappa shape index (κ1) is 21.6. The van der Waals surface area contributed by atoms with Crippen LogP contribution in [0.25, 0.3) is 10.8 Å². The fraction of sp³-hybridized carbons (Fsp3) is 0.423. The van der Waals surface area contributed by atoms with Gasteiger partial charge in [-0.05, 0) is 50.1 Å². The van der Waals surface area contributed by atoms with Crippen LogP contribution in [0, 0.1) is 25.2 Å². The second-order valence-corrected chi connectivity index (χ2v) is 9.07. The lowest BCUT2D eigenvalue weighted by molar-refractivity contribution is -0.0116. The van der Waals surface area contributed by atoms with Crippen LogP contribution in [0.15, 0.2) is 36.4 Å². The molecule has 1 N–H and O–H groups in total. The third kappa shape index (κ3) is 4.12. The Labute approximate surface area is 195 Å². The van der Waals surface area contributed by atoms with E-state index in [2.05, 4.69) is 62.6 Å². The number of ether oxygens (including phenoxy) is 1. The number of piperazine rings is 1. The monoisotopic (exact) mass is 442 g/mol. The van der Waals surface area contributed by atoms with E-state index in [0.717, 1.165) is 72.8 Å². The molecule has 0 amide bonds. The number of fused-ring (bicyclic) bond motifs is 2. The van der Waals surface area contributed by atoms with Crippen molar-refractivity contribution >= 4 is 22.3 Å². The van der Waals surface area contributed by atoms with Crippen LogP contribution in [0.3, 0.4) is 0 Å². The van der Waals surface area contributed by atoms with Gasteiger partial charge >= 0.3 is 0 Å². The van der Waals surface area contributed by atoms with Gasteiger partial charge < -0.3 is 15.0 Å². The Morgan fingerprint density at radius 1 is 1.12 bits per heavy atom. The predicted molar refractivity (Wildman–Crippen MR) is 131 cm³/mol. The molecule has 33 heavy (non-hydrogen) atoms. The van der Waals surface area contributed by atoms with Gasteiger partial charge in [-0.15, -0.1) is 5.10 Å². The second kappa shape index (κ2) is 8.97. The number of rotatable bonds is 4. The third-order valence-corrected chi connectivity index (χ3v) is 7.07. The maximum Gasteiger partial charge on any atom is 0.157 e. The second-order valence-electron chi connectivity index (χ2n) is 9.07. The maximum absolute atomic E-state index is 9.40. The molecule has 7 heteroatoms. The SMILES string of the molecule is Cc1c(C#N)cccc1[C@@H](C)Nc1nnc(C)c2ccc(N3CCN4CCOCC4C3)cc12. The zero-order valence-electron chi connectivity index (χ0n) is 19.5. The van der Waals surface area contributed by atoms with Crippen LogP contribution in [-0.4, -0.2) is 60.5 Å². The van der Waals surface area contributed by atoms with E-state index in [1.54, 1.807) is 0 Å². The quantitative estimate of drug-likeness (QED) is 0.658. The number of aryl methyl sites for hydroxylation is 1. The third-order valence-electron chi connectivity index (χ3n) is 7.07. The minimum atomic E-state index is -0.00917. The number of benzene rings is 2. The van der Waals surface area contributed by atoms with E-state index in [1.807, 2.05) is 26.0 Å². The molecule has 2 atom stereocenters. The first-order valence-electron chi connectivity index (χ1n) is 11.6. The molecule has 2 aromatic carbocycles. The first-order valence-corrected chi connectivity index (χ1v) is 11.6. The molecule has 0 radical (unpaired) electrons. The largest absolute Gasteiger partial charge is 0.378 e. The normalized spacial score (nSPS) is 19.7. The topological polar surface area (TPSA) is 77.3 Å². The van der Waals surface area contributed by atoms with Crippen molar-refractivity contribution < 1.29 is 4.74 Å². The molecule has 0 aliphatic carbocycles. The molecular formula is C26H30N6O. The molecule has 1 unspecified atom stereocenters. The van der Waals surface area contributed by atoms with Crippen molar-refractivity contribution in [3.63, 3.8) is 0 Å². The van der Waals surface area contributed by atoms with Gasteiger partial charge in [0, 0.05) is 42.6 Å². The Morgan fingerprint density at radius 2 is 2.00 bits per heavy atom. The van der Waals surface area contributed by atoms with Crippen LogP contribution in [0.1, 0.15) is 35.3 Å². The van der Waals surface area contributed by atoms with E-state index >= 15 is 0 Å². The molecule has 2 aliphatic rings. The van der Waals surface area contributed by atoms with Crippen LogP contribution in [0.4, 0.5) is 11.5 Å². The van der Waals surface area contributed by atoms with Gasteiger partial charge in [-0.1, -0.05) is 18.2 Å². The Bertz CT molecular complexity index is 1220. The van der Waals surface area contributed by atoms with Crippen LogP contribution in [0.5, 0.6) is 0 Å². The summed E-state index contributed by atoms with van der Waals surface area (Å²) < 4.78 is 5.72. The summed E-state index contributed by atoms with van der Waals surface area (Å²) in [6, 6.07) is 15.2. The summed E-state index contributed by atoms with van der Waals surface area (Å²) in [5.41, 5.74) is 4.92. The van der Waals surface area contributed by atoms with E-state index in [-0.39, 0.29) is 6.04 Å². The van der Waals surface area contributed by atoms with Gasteiger partial charge in [0.1, 0.15) is 0 Å². The molecular weight excluding hydrogens is 412 g/mol. The summed E-state index contributed by atoms with van der Waals surface area (Å²) in [7, 11) is 0. The molecule has 170 valence electrons. The molecule has 0 spiro atoms. The molecule has 3 aromatic rings. The van der Waals surface area contributed by atoms with Crippen molar-refractivity contribution in [1.29, 1.82) is 5.26 Å². The summed E-state index contributed by atoms with van der Waals surface area (Å²) in [4.78, 5) is 5.00. The fourth-order valence-electron chi connectivity index (χ4n) is 5.09. The summed E-state index contributed by atoms with van der Waals surface area (Å²) >= 11 is 0. The van der Waals surface area contributed by atoms with E-state index < -0.39 is 0 Å². The Balaban J connectivity index is 1.46. The van der Waals surface area contributed by atoms with Crippen molar-refractivity contribution in [2.45, 2.75) is 32.9 Å². The number of anilines is 2. The number of hydrogen-bond donors (Lipinski definition) is 1. The Morgan fingerprint density at radius 3 is 2.85 bits per heavy atom. The molecule has 1 aromatic heterocycles. The van der Waals surface area contributed by atoms with Gasteiger partial charge in [0.15, 0.2) is 5.82 Å². The number of hydrogen-bond acceptors (Lipinski definition) is 7. The van der Waals surface area contributed by atoms with E-state index in [0.29, 0.717) is 11.6 Å². The highest BCUT2D eigenvalue weighted by molar-refractivity contribution is 5.95. The Kier molecular flexibility index (Phi) is 5.88. The smallest absolute Gasteiger partial charge is 0.157 e. The summed E-state index contributed by atoms with van der Waals surface area (Å²) in [6.45, 7) is 11.8. The zero-order valence-corrected chi connectivity index (χ0v) is 19.5. The maximum atomic E-state index is 9.40. The van der Waals surface area contributed by atoms with Gasteiger partial charge in [-0.2, -0.15) is 10.4 Å². The highest BCUT2D eigenvalue weighted by Gasteiger charge is 2.29. The number of nitrogens with one attached hydrogen (secondary N) is 1. The van der Waals surface area contributed by atoms with Gasteiger partial charge in [-0.25, -0.2) is 0 Å². The van der Waals surface area contributed by atoms with Gasteiger partial charge in [0.05, 0.1) is 42.6 Å². The molecule has 5 rings (SSSR count). The van der Waals surface area contributed by atoms with Crippen LogP contribution in [0.2, 0.25) is 0 Å². The van der Waals surface area contributed by atoms with Crippen LogP contribution in [-0.2, 0) is 4.74 Å².